The first-order chi connectivity index (χ1) is 7.44. The number of pyridine rings is 1. The molecular weight excluding hydrogens is 202 g/mol. The van der Waals surface area contributed by atoms with E-state index in [0.717, 1.165) is 5.56 Å². The number of aromatic nitrogens is 1. The number of nitrogens with one attached hydrogen (secondary N) is 1. The van der Waals surface area contributed by atoms with Gasteiger partial charge in [-0.25, -0.2) is 4.98 Å². The van der Waals surface area contributed by atoms with Crippen LogP contribution in [0, 0.1) is 12.3 Å². The van der Waals surface area contributed by atoms with E-state index >= 15 is 0 Å². The smallest absolute Gasteiger partial charge is 0.123 e. The number of aliphatic hydroxyl groups excluding tert-OH is 1. The minimum atomic E-state index is -0.638. The predicted octanol–water partition coefficient (Wildman–Crippen LogP) is 0.699. The Bertz CT molecular complexity index is 378. The van der Waals surface area contributed by atoms with Crippen molar-refractivity contribution >= 4 is 5.82 Å². The zero-order valence-electron chi connectivity index (χ0n) is 9.57. The molecule has 4 N–H and O–H groups in total. The molecule has 0 bridgehead atoms. The van der Waals surface area contributed by atoms with Crippen molar-refractivity contribution < 1.29 is 5.11 Å². The molecule has 0 saturated heterocycles. The molecule has 0 aliphatic carbocycles. The lowest BCUT2D eigenvalue weighted by atomic mass is 10.1. The van der Waals surface area contributed by atoms with Crippen molar-refractivity contribution in [1.82, 2.24) is 10.3 Å². The van der Waals surface area contributed by atoms with Gasteiger partial charge in [-0.2, -0.15) is 0 Å². The van der Waals surface area contributed by atoms with Gasteiger partial charge in [-0.3, -0.25) is 5.32 Å². The van der Waals surface area contributed by atoms with Crippen LogP contribution >= 0.6 is 0 Å². The molecule has 1 heterocycles. The lowest BCUT2D eigenvalue weighted by molar-refractivity contribution is 0.167. The van der Waals surface area contributed by atoms with Crippen molar-refractivity contribution in [3.63, 3.8) is 0 Å². The largest absolute Gasteiger partial charge is 0.387 e. The van der Waals surface area contributed by atoms with Gasteiger partial charge >= 0.3 is 0 Å². The number of rotatable bonds is 4. The third-order valence-electron chi connectivity index (χ3n) is 2.29. The number of terminal acetylenes is 1. The number of nitrogens with two attached hydrogens (primary N) is 1. The van der Waals surface area contributed by atoms with E-state index in [1.807, 2.05) is 13.8 Å². The van der Waals surface area contributed by atoms with Crippen LogP contribution in [0.4, 0.5) is 5.82 Å². The van der Waals surface area contributed by atoms with E-state index in [-0.39, 0.29) is 0 Å². The fraction of sp³-hybridized carbons (Fsp3) is 0.417. The van der Waals surface area contributed by atoms with E-state index < -0.39 is 11.6 Å². The summed E-state index contributed by atoms with van der Waals surface area (Å²) in [5.41, 5.74) is 5.75. The Hall–Kier alpha value is -1.57. The zero-order chi connectivity index (χ0) is 12.2. The summed E-state index contributed by atoms with van der Waals surface area (Å²) in [6.07, 6.45) is 6.25. The van der Waals surface area contributed by atoms with Crippen LogP contribution in [0.2, 0.25) is 0 Å². The average Bonchev–Trinajstić information content (AvgIpc) is 2.27. The molecule has 1 aromatic rings. The Kier molecular flexibility index (Phi) is 3.88. The van der Waals surface area contributed by atoms with E-state index in [0.29, 0.717) is 12.4 Å². The van der Waals surface area contributed by atoms with Crippen molar-refractivity contribution in [2.75, 3.05) is 12.3 Å². The van der Waals surface area contributed by atoms with Crippen LogP contribution in [0.5, 0.6) is 0 Å². The summed E-state index contributed by atoms with van der Waals surface area (Å²) in [6, 6.07) is 3.41. The Morgan fingerprint density at radius 1 is 1.62 bits per heavy atom. The van der Waals surface area contributed by atoms with E-state index in [1.165, 1.54) is 0 Å². The monoisotopic (exact) mass is 219 g/mol. The summed E-state index contributed by atoms with van der Waals surface area (Å²) in [6.45, 7) is 4.13. The minimum Gasteiger partial charge on any atom is -0.387 e. The molecule has 1 unspecified atom stereocenters. The normalized spacial score (nSPS) is 13.1. The number of anilines is 1. The summed E-state index contributed by atoms with van der Waals surface area (Å²) in [5.74, 6) is 3.04. The Balaban J connectivity index is 2.57. The molecule has 0 amide bonds. The molecule has 0 fully saturated rings. The summed E-state index contributed by atoms with van der Waals surface area (Å²) in [7, 11) is 0. The van der Waals surface area contributed by atoms with Crippen LogP contribution in [0.15, 0.2) is 18.3 Å². The van der Waals surface area contributed by atoms with Gasteiger partial charge in [0, 0.05) is 18.3 Å². The van der Waals surface area contributed by atoms with Gasteiger partial charge in [0.15, 0.2) is 0 Å². The first-order valence-electron chi connectivity index (χ1n) is 5.07. The summed E-state index contributed by atoms with van der Waals surface area (Å²) in [5, 5.41) is 12.9. The molecule has 4 nitrogen and oxygen atoms in total. The Labute approximate surface area is 95.9 Å². The topological polar surface area (TPSA) is 71.2 Å². The van der Waals surface area contributed by atoms with Crippen LogP contribution in [0.25, 0.3) is 0 Å². The van der Waals surface area contributed by atoms with Gasteiger partial charge in [-0.15, -0.1) is 6.42 Å². The van der Waals surface area contributed by atoms with Gasteiger partial charge < -0.3 is 10.8 Å². The second-order valence-corrected chi connectivity index (χ2v) is 4.18. The molecule has 1 atom stereocenters. The highest BCUT2D eigenvalue weighted by molar-refractivity contribution is 5.30. The number of hydrogen-bond donors (Lipinski definition) is 3. The fourth-order valence-corrected chi connectivity index (χ4v) is 1.13. The van der Waals surface area contributed by atoms with Crippen LogP contribution in [0.3, 0.4) is 0 Å². The number of nitrogen functional groups attached to an aromatic ring is 1. The quantitative estimate of drug-likeness (QED) is 0.652. The number of nitrogens with zero attached hydrogens (tertiary/aromatic N) is 1. The third-order valence-corrected chi connectivity index (χ3v) is 2.29. The summed E-state index contributed by atoms with van der Waals surface area (Å²) in [4.78, 5) is 3.91. The van der Waals surface area contributed by atoms with Crippen molar-refractivity contribution in [3.05, 3.63) is 23.9 Å². The number of β-amino-alcohol motifs (C(OH)–C–C–N with tert-alkyl or cyclic N) is 1. The number of hydrogen-bond acceptors (Lipinski definition) is 4. The summed E-state index contributed by atoms with van der Waals surface area (Å²) < 4.78 is 0. The molecule has 1 rings (SSSR count). The minimum absolute atomic E-state index is 0.378. The van der Waals surface area contributed by atoms with Crippen LogP contribution < -0.4 is 11.1 Å². The van der Waals surface area contributed by atoms with Crippen molar-refractivity contribution in [1.29, 1.82) is 0 Å². The van der Waals surface area contributed by atoms with Gasteiger partial charge in [0.25, 0.3) is 0 Å². The van der Waals surface area contributed by atoms with Gasteiger partial charge in [-0.05, 0) is 19.9 Å². The fourth-order valence-electron chi connectivity index (χ4n) is 1.13. The van der Waals surface area contributed by atoms with Crippen LogP contribution in [-0.2, 0) is 0 Å². The molecule has 0 radical (unpaired) electrons. The molecule has 0 saturated carbocycles. The van der Waals surface area contributed by atoms with Crippen molar-refractivity contribution in [3.8, 4) is 12.3 Å². The molecule has 0 aliphatic rings. The lowest BCUT2D eigenvalue weighted by Crippen LogP contribution is -2.40. The van der Waals surface area contributed by atoms with Gasteiger partial charge in [0.2, 0.25) is 0 Å². The molecule has 86 valence electrons. The van der Waals surface area contributed by atoms with Gasteiger partial charge in [0.1, 0.15) is 5.82 Å². The Morgan fingerprint density at radius 3 is 2.81 bits per heavy atom. The molecular formula is C12H17N3O. The second kappa shape index (κ2) is 4.97. The maximum Gasteiger partial charge on any atom is 0.123 e. The van der Waals surface area contributed by atoms with Crippen LogP contribution in [0.1, 0.15) is 25.5 Å². The maximum atomic E-state index is 9.86. The first kappa shape index (κ1) is 12.5. The molecule has 1 aromatic heterocycles. The van der Waals surface area contributed by atoms with E-state index in [2.05, 4.69) is 16.2 Å². The SMILES string of the molecule is C#CC(C)(C)NCC(O)c1ccc(N)nc1. The summed E-state index contributed by atoms with van der Waals surface area (Å²) >= 11 is 0. The first-order valence-corrected chi connectivity index (χ1v) is 5.07. The second-order valence-electron chi connectivity index (χ2n) is 4.18. The lowest BCUT2D eigenvalue weighted by Gasteiger charge is -2.22. The molecule has 16 heavy (non-hydrogen) atoms. The molecule has 0 aromatic carbocycles. The molecule has 4 heteroatoms. The average molecular weight is 219 g/mol. The standard InChI is InChI=1S/C12H17N3O/c1-4-12(2,3)15-8-10(16)9-5-6-11(13)14-7-9/h1,5-7,10,15-16H,8H2,2-3H3,(H2,13,14). The van der Waals surface area contributed by atoms with Crippen molar-refractivity contribution in [2.45, 2.75) is 25.5 Å². The molecule has 0 spiro atoms. The van der Waals surface area contributed by atoms with E-state index in [1.54, 1.807) is 18.3 Å². The zero-order valence-corrected chi connectivity index (χ0v) is 9.57. The van der Waals surface area contributed by atoms with Crippen molar-refractivity contribution in [2.24, 2.45) is 0 Å². The van der Waals surface area contributed by atoms with Gasteiger partial charge in [-0.1, -0.05) is 12.0 Å². The van der Waals surface area contributed by atoms with E-state index in [4.69, 9.17) is 12.2 Å². The molecule has 0 aliphatic heterocycles. The maximum absolute atomic E-state index is 9.86. The van der Waals surface area contributed by atoms with E-state index in [9.17, 15) is 5.11 Å². The highest BCUT2D eigenvalue weighted by atomic mass is 16.3. The highest BCUT2D eigenvalue weighted by Gasteiger charge is 2.15. The number of aliphatic hydroxyl groups is 1. The van der Waals surface area contributed by atoms with Crippen LogP contribution in [-0.4, -0.2) is 22.2 Å². The predicted molar refractivity (Wildman–Crippen MR) is 64.5 cm³/mol. The van der Waals surface area contributed by atoms with Gasteiger partial charge in [0.05, 0.1) is 11.6 Å². The highest BCUT2D eigenvalue weighted by Crippen LogP contribution is 2.12. The Morgan fingerprint density at radius 2 is 2.31 bits per heavy atom. The third kappa shape index (κ3) is 3.54.